The molecule has 0 aliphatic carbocycles. The molecule has 4 nitrogen and oxygen atoms in total. The van der Waals surface area contributed by atoms with Crippen LogP contribution in [0.1, 0.15) is 16.4 Å². The second-order valence-electron chi connectivity index (χ2n) is 5.21. The number of hydrogen-bond acceptors (Lipinski definition) is 3. The first-order valence-electron chi connectivity index (χ1n) is 7.02. The summed E-state index contributed by atoms with van der Waals surface area (Å²) in [4.78, 5) is 0.0668. The van der Waals surface area contributed by atoms with Gasteiger partial charge in [0.15, 0.2) is 9.84 Å². The van der Waals surface area contributed by atoms with Crippen LogP contribution in [0.2, 0.25) is 0 Å². The number of benzene rings is 2. The van der Waals surface area contributed by atoms with Crippen molar-refractivity contribution >= 4 is 9.84 Å². The minimum atomic E-state index is -3.83. The topological polar surface area (TPSA) is 52.0 Å². The Morgan fingerprint density at radius 3 is 2.30 bits per heavy atom. The Morgan fingerprint density at radius 1 is 1.04 bits per heavy atom. The zero-order chi connectivity index (χ0) is 16.4. The fourth-order valence-corrected chi connectivity index (χ4v) is 4.33. The molecule has 0 saturated carbocycles. The van der Waals surface area contributed by atoms with E-state index >= 15 is 0 Å². The third kappa shape index (κ3) is 2.90. The maximum absolute atomic E-state index is 14.3. The first-order valence-corrected chi connectivity index (χ1v) is 8.56. The summed E-state index contributed by atoms with van der Waals surface area (Å²) in [6.45, 7) is 0. The number of halogens is 1. The van der Waals surface area contributed by atoms with Crippen molar-refractivity contribution in [1.82, 2.24) is 9.78 Å². The molecule has 0 fully saturated rings. The average Bonchev–Trinajstić information content (AvgIpc) is 2.98. The Balaban J connectivity index is 2.23. The molecule has 23 heavy (non-hydrogen) atoms. The van der Waals surface area contributed by atoms with Crippen LogP contribution in [0.25, 0.3) is 0 Å². The lowest BCUT2D eigenvalue weighted by Crippen LogP contribution is -2.16. The summed E-state index contributed by atoms with van der Waals surface area (Å²) >= 11 is 0. The second-order valence-corrected chi connectivity index (χ2v) is 7.24. The van der Waals surface area contributed by atoms with Gasteiger partial charge in [-0.05, 0) is 11.6 Å². The van der Waals surface area contributed by atoms with Crippen molar-refractivity contribution in [2.75, 3.05) is 0 Å². The van der Waals surface area contributed by atoms with Crippen molar-refractivity contribution in [2.45, 2.75) is 10.1 Å². The molecule has 0 aliphatic heterocycles. The smallest absolute Gasteiger partial charge is 0.192 e. The summed E-state index contributed by atoms with van der Waals surface area (Å²) in [5, 5.41) is 2.80. The highest BCUT2D eigenvalue weighted by Gasteiger charge is 2.33. The van der Waals surface area contributed by atoms with Gasteiger partial charge in [-0.3, -0.25) is 4.68 Å². The quantitative estimate of drug-likeness (QED) is 0.738. The number of aromatic nitrogens is 2. The Kier molecular flexibility index (Phi) is 4.00. The summed E-state index contributed by atoms with van der Waals surface area (Å²) in [6, 6.07) is 14.6. The summed E-state index contributed by atoms with van der Waals surface area (Å²) in [7, 11) is -2.19. The molecule has 118 valence electrons. The highest BCUT2D eigenvalue weighted by Crippen LogP contribution is 2.35. The van der Waals surface area contributed by atoms with Crippen molar-refractivity contribution < 1.29 is 12.8 Å². The van der Waals surface area contributed by atoms with E-state index in [2.05, 4.69) is 5.10 Å². The van der Waals surface area contributed by atoms with Crippen molar-refractivity contribution in [3.63, 3.8) is 0 Å². The van der Waals surface area contributed by atoms with Crippen LogP contribution in [-0.2, 0) is 16.9 Å². The van der Waals surface area contributed by atoms with E-state index in [1.54, 1.807) is 43.4 Å². The molecule has 0 saturated heterocycles. The van der Waals surface area contributed by atoms with Crippen LogP contribution in [-0.4, -0.2) is 18.2 Å². The molecule has 0 bridgehead atoms. The van der Waals surface area contributed by atoms with Crippen molar-refractivity contribution in [1.29, 1.82) is 0 Å². The minimum Gasteiger partial charge on any atom is -0.274 e. The lowest BCUT2D eigenvalue weighted by Gasteiger charge is -2.18. The Hall–Kier alpha value is -2.47. The molecule has 0 amide bonds. The normalized spacial score (nSPS) is 13.0. The zero-order valence-corrected chi connectivity index (χ0v) is 13.2. The molecule has 1 unspecified atom stereocenters. The van der Waals surface area contributed by atoms with E-state index in [1.807, 2.05) is 0 Å². The minimum absolute atomic E-state index is 0.0668. The number of nitrogens with zero attached hydrogens (tertiary/aromatic N) is 2. The van der Waals surface area contributed by atoms with E-state index in [-0.39, 0.29) is 10.5 Å². The zero-order valence-electron chi connectivity index (χ0n) is 12.4. The summed E-state index contributed by atoms with van der Waals surface area (Å²) in [6.07, 6.45) is 2.71. The summed E-state index contributed by atoms with van der Waals surface area (Å²) in [5.74, 6) is -0.547. The highest BCUT2D eigenvalue weighted by molar-refractivity contribution is 7.91. The van der Waals surface area contributed by atoms with Crippen LogP contribution >= 0.6 is 0 Å². The van der Waals surface area contributed by atoms with Gasteiger partial charge < -0.3 is 0 Å². The number of aryl methyl sites for hydroxylation is 1. The van der Waals surface area contributed by atoms with Gasteiger partial charge >= 0.3 is 0 Å². The van der Waals surface area contributed by atoms with Gasteiger partial charge in [-0.25, -0.2) is 12.8 Å². The number of hydrogen-bond donors (Lipinski definition) is 0. The van der Waals surface area contributed by atoms with Crippen molar-refractivity contribution in [3.8, 4) is 0 Å². The fraction of sp³-hybridized carbons (Fsp3) is 0.118. The van der Waals surface area contributed by atoms with Gasteiger partial charge in [-0.1, -0.05) is 48.5 Å². The lowest BCUT2D eigenvalue weighted by atomic mass is 10.0. The van der Waals surface area contributed by atoms with Gasteiger partial charge in [0.2, 0.25) is 0 Å². The maximum Gasteiger partial charge on any atom is 0.192 e. The fourth-order valence-electron chi connectivity index (χ4n) is 2.52. The molecule has 3 rings (SSSR count). The summed E-state index contributed by atoms with van der Waals surface area (Å²) < 4.78 is 41.9. The standard InChI is InChI=1S/C17H15FN2O2S/c1-20-12-14(11-19-20)23(21,22)17(13-7-3-2-4-8-13)15-9-5-6-10-16(15)18/h2-12,17H,1H3. The molecule has 0 radical (unpaired) electrons. The second kappa shape index (κ2) is 5.96. The van der Waals surface area contributed by atoms with E-state index in [9.17, 15) is 12.8 Å². The molecule has 6 heteroatoms. The van der Waals surface area contributed by atoms with E-state index < -0.39 is 20.9 Å². The van der Waals surface area contributed by atoms with Crippen LogP contribution in [0.4, 0.5) is 4.39 Å². The molecule has 0 aliphatic rings. The maximum atomic E-state index is 14.3. The van der Waals surface area contributed by atoms with Crippen LogP contribution in [0, 0.1) is 5.82 Å². The molecule has 3 aromatic rings. The third-order valence-corrected chi connectivity index (χ3v) is 5.62. The highest BCUT2D eigenvalue weighted by atomic mass is 32.2. The van der Waals surface area contributed by atoms with Gasteiger partial charge in [0.25, 0.3) is 0 Å². The molecule has 0 spiro atoms. The predicted octanol–water partition coefficient (Wildman–Crippen LogP) is 3.12. The first kappa shape index (κ1) is 15.4. The molecular formula is C17H15FN2O2S. The number of rotatable bonds is 4. The summed E-state index contributed by atoms with van der Waals surface area (Å²) in [5.41, 5.74) is 0.643. The molecule has 0 N–H and O–H groups in total. The SMILES string of the molecule is Cn1cc(S(=O)(=O)C(c2ccccc2)c2ccccc2F)cn1. The largest absolute Gasteiger partial charge is 0.274 e. The van der Waals surface area contributed by atoms with E-state index in [1.165, 1.54) is 35.3 Å². The van der Waals surface area contributed by atoms with Crippen LogP contribution in [0.3, 0.4) is 0 Å². The monoisotopic (exact) mass is 330 g/mol. The number of sulfone groups is 1. The Morgan fingerprint density at radius 2 is 1.70 bits per heavy atom. The van der Waals surface area contributed by atoms with Crippen LogP contribution < -0.4 is 0 Å². The predicted molar refractivity (Wildman–Crippen MR) is 85.1 cm³/mol. The average molecular weight is 330 g/mol. The van der Waals surface area contributed by atoms with Gasteiger partial charge in [0, 0.05) is 18.8 Å². The van der Waals surface area contributed by atoms with Crippen LogP contribution in [0.5, 0.6) is 0 Å². The van der Waals surface area contributed by atoms with Gasteiger partial charge in [-0.2, -0.15) is 5.10 Å². The van der Waals surface area contributed by atoms with E-state index in [4.69, 9.17) is 0 Å². The molecular weight excluding hydrogens is 315 g/mol. The third-order valence-electron chi connectivity index (χ3n) is 3.61. The van der Waals surface area contributed by atoms with Gasteiger partial charge in [0.05, 0.1) is 6.20 Å². The van der Waals surface area contributed by atoms with Crippen molar-refractivity contribution in [3.05, 3.63) is 83.9 Å². The molecule has 2 aromatic carbocycles. The van der Waals surface area contributed by atoms with E-state index in [0.717, 1.165) is 0 Å². The van der Waals surface area contributed by atoms with Gasteiger partial charge in [-0.15, -0.1) is 0 Å². The molecule has 1 atom stereocenters. The Bertz CT molecular complexity index is 921. The lowest BCUT2D eigenvalue weighted by molar-refractivity contribution is 0.577. The van der Waals surface area contributed by atoms with E-state index in [0.29, 0.717) is 5.56 Å². The Labute approximate surface area is 134 Å². The van der Waals surface area contributed by atoms with Crippen molar-refractivity contribution in [2.24, 2.45) is 7.05 Å². The molecule has 1 heterocycles. The van der Waals surface area contributed by atoms with Crippen LogP contribution in [0.15, 0.2) is 71.9 Å². The first-order chi connectivity index (χ1) is 11.0. The molecule has 1 aromatic heterocycles. The van der Waals surface area contributed by atoms with Gasteiger partial charge in [0.1, 0.15) is 16.0 Å².